The Hall–Kier alpha value is -3.82. The van der Waals surface area contributed by atoms with Gasteiger partial charge in [-0.1, -0.05) is 6.07 Å². The van der Waals surface area contributed by atoms with E-state index in [1.54, 1.807) is 0 Å². The van der Waals surface area contributed by atoms with Gasteiger partial charge in [-0.2, -0.15) is 4.73 Å². The van der Waals surface area contributed by atoms with Crippen LogP contribution in [0.2, 0.25) is 0 Å². The van der Waals surface area contributed by atoms with Gasteiger partial charge in [0.15, 0.2) is 12.4 Å². The average molecular weight is 422 g/mol. The molecule has 0 aliphatic carbocycles. The summed E-state index contributed by atoms with van der Waals surface area (Å²) in [4.78, 5) is 12.6. The van der Waals surface area contributed by atoms with Gasteiger partial charge < -0.3 is 20.0 Å². The molecule has 1 aromatic heterocycles. The number of aromatic nitrogens is 1. The van der Waals surface area contributed by atoms with E-state index in [1.165, 1.54) is 43.3 Å². The minimum Gasteiger partial charge on any atom is -0.619 e. The van der Waals surface area contributed by atoms with Gasteiger partial charge in [0.1, 0.15) is 28.6 Å². The largest absolute Gasteiger partial charge is 0.619 e. The molecule has 0 fully saturated rings. The van der Waals surface area contributed by atoms with Crippen LogP contribution in [0, 0.1) is 17.9 Å². The van der Waals surface area contributed by atoms with Gasteiger partial charge >= 0.3 is 6.36 Å². The van der Waals surface area contributed by atoms with Gasteiger partial charge in [-0.25, -0.2) is 4.39 Å². The van der Waals surface area contributed by atoms with Crippen molar-refractivity contribution in [2.75, 3.05) is 5.32 Å². The number of nitrogens with one attached hydrogen (secondary N) is 1. The number of alkyl halides is 3. The molecular formula is C20H14F4N2O4. The van der Waals surface area contributed by atoms with Gasteiger partial charge in [-0.3, -0.25) is 4.79 Å². The van der Waals surface area contributed by atoms with Crippen LogP contribution < -0.4 is 19.5 Å². The minimum atomic E-state index is -4.84. The highest BCUT2D eigenvalue weighted by Crippen LogP contribution is 2.31. The lowest BCUT2D eigenvalue weighted by Gasteiger charge is -2.14. The first-order chi connectivity index (χ1) is 14.1. The van der Waals surface area contributed by atoms with Crippen LogP contribution in [0.3, 0.4) is 0 Å². The molecule has 1 N–H and O–H groups in total. The van der Waals surface area contributed by atoms with Crippen LogP contribution in [0.4, 0.5) is 23.2 Å². The molecule has 1 heterocycles. The predicted octanol–water partition coefficient (Wildman–Crippen LogP) is 4.71. The molecule has 0 saturated heterocycles. The summed E-state index contributed by atoms with van der Waals surface area (Å²) in [5, 5.41) is 13.5. The van der Waals surface area contributed by atoms with Crippen LogP contribution in [0.25, 0.3) is 0 Å². The molecule has 0 saturated carbocycles. The maximum atomic E-state index is 14.7. The zero-order chi connectivity index (χ0) is 21.9. The highest BCUT2D eigenvalue weighted by molar-refractivity contribution is 6.06. The Bertz CT molecular complexity index is 1050. The number of amides is 1. The van der Waals surface area contributed by atoms with Gasteiger partial charge in [0.25, 0.3) is 5.91 Å². The van der Waals surface area contributed by atoms with Gasteiger partial charge in [-0.15, -0.1) is 13.2 Å². The highest BCUT2D eigenvalue weighted by Gasteiger charge is 2.31. The second kappa shape index (κ2) is 8.27. The molecule has 2 aromatic carbocycles. The number of halogens is 4. The molecule has 10 heteroatoms. The fourth-order valence-electron chi connectivity index (χ4n) is 2.49. The van der Waals surface area contributed by atoms with E-state index in [-0.39, 0.29) is 22.7 Å². The standard InChI is InChI=1S/C20H14F4N2O4/c1-12-2-7-16(29-14-3-5-15(6-4-14)30-20(22,23)24)17(18(12)21)19(27)25-13-8-10-26(28)11-9-13/h2-11H,1H3,(H,25,27). The lowest BCUT2D eigenvalue weighted by Crippen LogP contribution is -2.24. The Morgan fingerprint density at radius 2 is 1.60 bits per heavy atom. The summed E-state index contributed by atoms with van der Waals surface area (Å²) in [7, 11) is 0. The number of nitrogens with zero attached hydrogens (tertiary/aromatic N) is 1. The van der Waals surface area contributed by atoms with Crippen molar-refractivity contribution in [1.29, 1.82) is 0 Å². The van der Waals surface area contributed by atoms with Gasteiger partial charge in [0, 0.05) is 12.1 Å². The smallest absolute Gasteiger partial charge is 0.573 e. The summed E-state index contributed by atoms with van der Waals surface area (Å²) in [6.45, 7) is 1.46. The van der Waals surface area contributed by atoms with Gasteiger partial charge in [0.05, 0.1) is 5.69 Å². The normalized spacial score (nSPS) is 11.1. The third kappa shape index (κ3) is 5.16. The number of ether oxygens (including phenoxy) is 2. The van der Waals surface area contributed by atoms with Crippen molar-refractivity contribution < 1.29 is 36.6 Å². The first-order valence-corrected chi connectivity index (χ1v) is 8.45. The van der Waals surface area contributed by atoms with Crippen molar-refractivity contribution >= 4 is 11.6 Å². The second-order valence-electron chi connectivity index (χ2n) is 6.09. The lowest BCUT2D eigenvalue weighted by molar-refractivity contribution is -0.605. The first-order valence-electron chi connectivity index (χ1n) is 8.45. The van der Waals surface area contributed by atoms with E-state index in [1.807, 2.05) is 0 Å². The summed E-state index contributed by atoms with van der Waals surface area (Å²) in [5.74, 6) is -2.19. The Labute approximate surface area is 167 Å². The van der Waals surface area contributed by atoms with Crippen molar-refractivity contribution in [3.8, 4) is 17.2 Å². The third-order valence-corrected chi connectivity index (χ3v) is 3.87. The summed E-state index contributed by atoms with van der Waals surface area (Å²) < 4.78 is 61.3. The SMILES string of the molecule is Cc1ccc(Oc2ccc(OC(F)(F)F)cc2)c(C(=O)Nc2cc[n+]([O-])cc2)c1F. The number of aryl methyl sites for hydroxylation is 1. The number of hydrogen-bond donors (Lipinski definition) is 1. The van der Waals surface area contributed by atoms with Crippen LogP contribution in [-0.2, 0) is 0 Å². The molecule has 30 heavy (non-hydrogen) atoms. The fraction of sp³-hybridized carbons (Fsp3) is 0.100. The molecule has 0 unspecified atom stereocenters. The molecule has 1 amide bonds. The topological polar surface area (TPSA) is 74.5 Å². The Kier molecular flexibility index (Phi) is 5.77. The number of carbonyl (C=O) groups excluding carboxylic acids is 1. The van der Waals surface area contributed by atoms with E-state index in [4.69, 9.17) is 4.74 Å². The first kappa shape index (κ1) is 20.9. The van der Waals surface area contributed by atoms with Crippen molar-refractivity contribution in [1.82, 2.24) is 0 Å². The molecular weight excluding hydrogens is 408 g/mol. The number of benzene rings is 2. The summed E-state index contributed by atoms with van der Waals surface area (Å²) in [5.41, 5.74) is 0.0453. The van der Waals surface area contributed by atoms with Crippen LogP contribution >= 0.6 is 0 Å². The number of pyridine rings is 1. The molecule has 0 atom stereocenters. The van der Waals surface area contributed by atoms with Gasteiger partial charge in [0.2, 0.25) is 0 Å². The van der Waals surface area contributed by atoms with Gasteiger partial charge in [-0.05, 0) is 42.8 Å². The van der Waals surface area contributed by atoms with Crippen LogP contribution in [0.1, 0.15) is 15.9 Å². The van der Waals surface area contributed by atoms with Crippen molar-refractivity contribution in [3.63, 3.8) is 0 Å². The van der Waals surface area contributed by atoms with E-state index >= 15 is 0 Å². The zero-order valence-corrected chi connectivity index (χ0v) is 15.4. The molecule has 0 aliphatic rings. The summed E-state index contributed by atoms with van der Waals surface area (Å²) >= 11 is 0. The number of hydrogen-bond acceptors (Lipinski definition) is 4. The maximum absolute atomic E-state index is 14.7. The van der Waals surface area contributed by atoms with Crippen LogP contribution in [-0.4, -0.2) is 12.3 Å². The quantitative estimate of drug-likeness (QED) is 0.367. The van der Waals surface area contributed by atoms with E-state index in [9.17, 15) is 27.6 Å². The Balaban J connectivity index is 1.85. The Morgan fingerprint density at radius 1 is 1.00 bits per heavy atom. The predicted molar refractivity (Wildman–Crippen MR) is 97.7 cm³/mol. The van der Waals surface area contributed by atoms with Crippen molar-refractivity contribution in [2.45, 2.75) is 13.3 Å². The highest BCUT2D eigenvalue weighted by atomic mass is 19.4. The maximum Gasteiger partial charge on any atom is 0.573 e. The molecule has 3 aromatic rings. The molecule has 0 spiro atoms. The van der Waals surface area contributed by atoms with Crippen molar-refractivity contribution in [2.24, 2.45) is 0 Å². The monoisotopic (exact) mass is 422 g/mol. The minimum absolute atomic E-state index is 0.0638. The van der Waals surface area contributed by atoms with E-state index in [0.717, 1.165) is 24.5 Å². The van der Waals surface area contributed by atoms with E-state index < -0.39 is 29.4 Å². The second-order valence-corrected chi connectivity index (χ2v) is 6.09. The fourth-order valence-corrected chi connectivity index (χ4v) is 2.49. The summed E-state index contributed by atoms with van der Waals surface area (Å²) in [6.07, 6.45) is -2.52. The van der Waals surface area contributed by atoms with E-state index in [2.05, 4.69) is 10.1 Å². The molecule has 0 radical (unpaired) electrons. The number of rotatable bonds is 5. The molecule has 156 valence electrons. The molecule has 0 aliphatic heterocycles. The number of anilines is 1. The average Bonchev–Trinajstić information content (AvgIpc) is 2.67. The third-order valence-electron chi connectivity index (χ3n) is 3.87. The zero-order valence-electron chi connectivity index (χ0n) is 15.4. The van der Waals surface area contributed by atoms with Crippen molar-refractivity contribution in [3.05, 3.63) is 83.1 Å². The van der Waals surface area contributed by atoms with E-state index in [0.29, 0.717) is 4.73 Å². The molecule has 3 rings (SSSR count). The Morgan fingerprint density at radius 3 is 2.20 bits per heavy atom. The molecule has 0 bridgehead atoms. The lowest BCUT2D eigenvalue weighted by atomic mass is 10.1. The summed E-state index contributed by atoms with van der Waals surface area (Å²) in [6, 6.07) is 9.84. The molecule has 6 nitrogen and oxygen atoms in total. The number of carbonyl (C=O) groups is 1. The van der Waals surface area contributed by atoms with Crippen LogP contribution in [0.15, 0.2) is 60.9 Å². The van der Waals surface area contributed by atoms with Crippen LogP contribution in [0.5, 0.6) is 17.2 Å².